The van der Waals surface area contributed by atoms with Crippen LogP contribution in [-0.2, 0) is 0 Å². The van der Waals surface area contributed by atoms with Gasteiger partial charge in [0.1, 0.15) is 0 Å². The molecule has 74 valence electrons. The van der Waals surface area contributed by atoms with Crippen molar-refractivity contribution in [2.45, 2.75) is 6.92 Å². The Morgan fingerprint density at radius 1 is 0.929 bits per heavy atom. The standard InChI is InChI=1S/C11H13NS2/c1-8-4-5-9(13-8)10-6-7-11(14-10)12(2)3/h4-7H,1-3H3. The maximum atomic E-state index is 2.20. The van der Waals surface area contributed by atoms with Gasteiger partial charge in [-0.2, -0.15) is 0 Å². The summed E-state index contributed by atoms with van der Waals surface area (Å²) in [6.07, 6.45) is 0. The van der Waals surface area contributed by atoms with Crippen molar-refractivity contribution >= 4 is 27.7 Å². The third kappa shape index (κ3) is 1.83. The van der Waals surface area contributed by atoms with Gasteiger partial charge < -0.3 is 4.90 Å². The van der Waals surface area contributed by atoms with Crippen LogP contribution in [-0.4, -0.2) is 14.1 Å². The van der Waals surface area contributed by atoms with Gasteiger partial charge in [0.25, 0.3) is 0 Å². The minimum atomic E-state index is 1.31. The fourth-order valence-corrected chi connectivity index (χ4v) is 3.15. The van der Waals surface area contributed by atoms with E-state index in [4.69, 9.17) is 0 Å². The van der Waals surface area contributed by atoms with Crippen molar-refractivity contribution in [3.63, 3.8) is 0 Å². The van der Waals surface area contributed by atoms with Crippen LogP contribution in [0.15, 0.2) is 24.3 Å². The van der Waals surface area contributed by atoms with Crippen LogP contribution in [0.25, 0.3) is 9.75 Å². The highest BCUT2D eigenvalue weighted by Gasteiger charge is 2.05. The molecule has 2 heterocycles. The van der Waals surface area contributed by atoms with Gasteiger partial charge in [0.2, 0.25) is 0 Å². The lowest BCUT2D eigenvalue weighted by molar-refractivity contribution is 1.16. The molecule has 0 aliphatic heterocycles. The summed E-state index contributed by atoms with van der Waals surface area (Å²) in [6.45, 7) is 2.15. The zero-order valence-corrected chi connectivity index (χ0v) is 10.2. The number of anilines is 1. The zero-order valence-electron chi connectivity index (χ0n) is 8.57. The first kappa shape index (κ1) is 9.74. The molecule has 2 rings (SSSR count). The predicted octanol–water partition coefficient (Wildman–Crippen LogP) is 3.85. The van der Waals surface area contributed by atoms with E-state index < -0.39 is 0 Å². The average Bonchev–Trinajstić information content (AvgIpc) is 2.70. The highest BCUT2D eigenvalue weighted by molar-refractivity contribution is 7.24. The lowest BCUT2D eigenvalue weighted by atomic mass is 10.4. The van der Waals surface area contributed by atoms with Gasteiger partial charge in [0.15, 0.2) is 0 Å². The van der Waals surface area contributed by atoms with Gasteiger partial charge in [0, 0.05) is 28.7 Å². The molecule has 0 aromatic carbocycles. The lowest BCUT2D eigenvalue weighted by Gasteiger charge is -2.06. The van der Waals surface area contributed by atoms with E-state index in [9.17, 15) is 0 Å². The van der Waals surface area contributed by atoms with E-state index in [0.29, 0.717) is 0 Å². The quantitative estimate of drug-likeness (QED) is 0.747. The summed E-state index contributed by atoms with van der Waals surface area (Å²) in [5.74, 6) is 0. The Kier molecular flexibility index (Phi) is 2.61. The Morgan fingerprint density at radius 2 is 1.57 bits per heavy atom. The first-order valence-corrected chi connectivity index (χ1v) is 6.14. The Labute approximate surface area is 92.6 Å². The fraction of sp³-hybridized carbons (Fsp3) is 0.273. The minimum Gasteiger partial charge on any atom is -0.370 e. The minimum absolute atomic E-state index is 1.31. The maximum absolute atomic E-state index is 2.20. The molecule has 0 spiro atoms. The number of thiophene rings is 2. The second kappa shape index (κ2) is 3.75. The molecule has 0 aliphatic rings. The molecule has 1 nitrogen and oxygen atoms in total. The topological polar surface area (TPSA) is 3.24 Å². The van der Waals surface area contributed by atoms with Crippen LogP contribution in [0.5, 0.6) is 0 Å². The molecule has 3 heteroatoms. The molecule has 2 aromatic rings. The van der Waals surface area contributed by atoms with Crippen molar-refractivity contribution in [3.05, 3.63) is 29.1 Å². The molecule has 0 atom stereocenters. The van der Waals surface area contributed by atoms with E-state index in [0.717, 1.165) is 0 Å². The molecular weight excluding hydrogens is 210 g/mol. The molecular formula is C11H13NS2. The molecule has 0 amide bonds. The van der Waals surface area contributed by atoms with Crippen molar-refractivity contribution in [3.8, 4) is 9.75 Å². The largest absolute Gasteiger partial charge is 0.370 e. The molecule has 0 saturated carbocycles. The van der Waals surface area contributed by atoms with Crippen molar-refractivity contribution in [2.75, 3.05) is 19.0 Å². The van der Waals surface area contributed by atoms with Crippen LogP contribution in [0.2, 0.25) is 0 Å². The van der Waals surface area contributed by atoms with Crippen LogP contribution in [0.3, 0.4) is 0 Å². The summed E-state index contributed by atoms with van der Waals surface area (Å²) in [6, 6.07) is 8.75. The summed E-state index contributed by atoms with van der Waals surface area (Å²) in [4.78, 5) is 6.27. The molecule has 0 saturated heterocycles. The smallest absolute Gasteiger partial charge is 0.0910 e. The summed E-state index contributed by atoms with van der Waals surface area (Å²) in [5, 5.41) is 1.31. The van der Waals surface area contributed by atoms with Crippen molar-refractivity contribution in [1.82, 2.24) is 0 Å². The van der Waals surface area contributed by atoms with Crippen molar-refractivity contribution < 1.29 is 0 Å². The normalized spacial score (nSPS) is 10.5. The Balaban J connectivity index is 2.33. The van der Waals surface area contributed by atoms with E-state index in [2.05, 4.69) is 50.2 Å². The van der Waals surface area contributed by atoms with Crippen molar-refractivity contribution in [2.24, 2.45) is 0 Å². The molecule has 0 N–H and O–H groups in total. The van der Waals surface area contributed by atoms with Gasteiger partial charge in [-0.15, -0.1) is 22.7 Å². The van der Waals surface area contributed by atoms with Gasteiger partial charge >= 0.3 is 0 Å². The predicted molar refractivity (Wildman–Crippen MR) is 66.7 cm³/mol. The highest BCUT2D eigenvalue weighted by Crippen LogP contribution is 2.36. The van der Waals surface area contributed by atoms with Crippen molar-refractivity contribution in [1.29, 1.82) is 0 Å². The van der Waals surface area contributed by atoms with E-state index in [1.807, 2.05) is 22.7 Å². The summed E-state index contributed by atoms with van der Waals surface area (Å²) in [5.41, 5.74) is 0. The second-order valence-corrected chi connectivity index (χ2v) is 5.79. The highest BCUT2D eigenvalue weighted by atomic mass is 32.1. The Morgan fingerprint density at radius 3 is 2.07 bits per heavy atom. The molecule has 0 bridgehead atoms. The van der Waals surface area contributed by atoms with E-state index in [-0.39, 0.29) is 0 Å². The first-order valence-electron chi connectivity index (χ1n) is 4.51. The third-order valence-corrected chi connectivity index (χ3v) is 4.47. The van der Waals surface area contributed by atoms with Crippen LogP contribution >= 0.6 is 22.7 Å². The van der Waals surface area contributed by atoms with Gasteiger partial charge in [-0.05, 0) is 31.2 Å². The summed E-state index contributed by atoms with van der Waals surface area (Å²) >= 11 is 3.70. The Hall–Kier alpha value is -0.800. The SMILES string of the molecule is Cc1ccc(-c2ccc(N(C)C)s2)s1. The van der Waals surface area contributed by atoms with Crippen LogP contribution in [0, 0.1) is 6.92 Å². The number of hydrogen-bond donors (Lipinski definition) is 0. The molecule has 0 radical (unpaired) electrons. The number of hydrogen-bond acceptors (Lipinski definition) is 3. The second-order valence-electron chi connectivity index (χ2n) is 3.44. The van der Waals surface area contributed by atoms with Gasteiger partial charge in [-0.3, -0.25) is 0 Å². The number of nitrogens with zero attached hydrogens (tertiary/aromatic N) is 1. The van der Waals surface area contributed by atoms with E-state index in [1.165, 1.54) is 19.6 Å². The third-order valence-electron chi connectivity index (χ3n) is 2.02. The van der Waals surface area contributed by atoms with Crippen LogP contribution < -0.4 is 4.90 Å². The molecule has 0 fully saturated rings. The number of aryl methyl sites for hydroxylation is 1. The van der Waals surface area contributed by atoms with Gasteiger partial charge in [-0.25, -0.2) is 0 Å². The first-order chi connectivity index (χ1) is 6.66. The molecule has 14 heavy (non-hydrogen) atoms. The summed E-state index contributed by atoms with van der Waals surface area (Å²) in [7, 11) is 4.16. The van der Waals surface area contributed by atoms with Crippen LogP contribution in [0.4, 0.5) is 5.00 Å². The molecule has 0 aliphatic carbocycles. The monoisotopic (exact) mass is 223 g/mol. The molecule has 0 unspecified atom stereocenters. The lowest BCUT2D eigenvalue weighted by Crippen LogP contribution is -2.05. The number of rotatable bonds is 2. The zero-order chi connectivity index (χ0) is 10.1. The van der Waals surface area contributed by atoms with E-state index in [1.54, 1.807) is 0 Å². The molecule has 2 aromatic heterocycles. The Bertz CT molecular complexity index is 426. The van der Waals surface area contributed by atoms with Crippen LogP contribution in [0.1, 0.15) is 4.88 Å². The van der Waals surface area contributed by atoms with Gasteiger partial charge in [0.05, 0.1) is 5.00 Å². The summed E-state index contributed by atoms with van der Waals surface area (Å²) < 4.78 is 0. The maximum Gasteiger partial charge on any atom is 0.0910 e. The average molecular weight is 223 g/mol. The van der Waals surface area contributed by atoms with Gasteiger partial charge in [-0.1, -0.05) is 0 Å². The fourth-order valence-electron chi connectivity index (χ4n) is 1.27. The van der Waals surface area contributed by atoms with E-state index >= 15 is 0 Å².